The predicted octanol–water partition coefficient (Wildman–Crippen LogP) is -1.26. The van der Waals surface area contributed by atoms with Crippen molar-refractivity contribution in [1.82, 2.24) is 0 Å². The maximum absolute atomic E-state index is 10.9. The van der Waals surface area contributed by atoms with Crippen LogP contribution in [0.1, 0.15) is 13.8 Å². The second-order valence-corrected chi connectivity index (χ2v) is 2.53. The Morgan fingerprint density at radius 3 is 2.00 bits per heavy atom. The van der Waals surface area contributed by atoms with Crippen molar-refractivity contribution in [3.63, 3.8) is 0 Å². The Hall–Kier alpha value is -0.940. The minimum atomic E-state index is -2.37. The summed E-state index contributed by atoms with van der Waals surface area (Å²) in [5.41, 5.74) is 2.72. The molecule has 0 aliphatic rings. The highest BCUT2D eigenvalue weighted by Gasteiger charge is 2.40. The summed E-state index contributed by atoms with van der Waals surface area (Å²) in [6, 6.07) is -0.971. The first-order chi connectivity index (χ1) is 4.80. The Morgan fingerprint density at radius 1 is 1.55 bits per heavy atom. The van der Waals surface area contributed by atoms with Crippen LogP contribution in [0.2, 0.25) is 0 Å². The first kappa shape index (κ1) is 10.1. The summed E-state index contributed by atoms with van der Waals surface area (Å²) in [7, 11) is 0. The summed E-state index contributed by atoms with van der Waals surface area (Å²) in [5.74, 6) is -2.48. The molecule has 0 fully saturated rings. The van der Waals surface area contributed by atoms with E-state index in [1.807, 2.05) is 0 Å². The van der Waals surface area contributed by atoms with Crippen molar-refractivity contribution in [3.8, 4) is 0 Å². The van der Waals surface area contributed by atoms with Gasteiger partial charge >= 0.3 is 5.97 Å². The highest BCUT2D eigenvalue weighted by atomic mass is 16.4. The molecular formula is C6H11NO4. The lowest BCUT2D eigenvalue weighted by molar-refractivity contribution is -0.163. The highest BCUT2D eigenvalue weighted by Crippen LogP contribution is 2.06. The maximum Gasteiger partial charge on any atom is 0.343 e. The quantitative estimate of drug-likeness (QED) is 0.448. The van der Waals surface area contributed by atoms with Crippen molar-refractivity contribution in [2.75, 3.05) is 0 Å². The number of aliphatic hydroxyl groups is 1. The van der Waals surface area contributed by atoms with Crippen molar-refractivity contribution in [1.29, 1.82) is 0 Å². The lowest BCUT2D eigenvalue weighted by atomic mass is 9.97. The number of ketones is 1. The Morgan fingerprint density at radius 2 is 1.91 bits per heavy atom. The van der Waals surface area contributed by atoms with Crippen LogP contribution in [0.4, 0.5) is 0 Å². The fraction of sp³-hybridized carbons (Fsp3) is 0.667. The van der Waals surface area contributed by atoms with Crippen molar-refractivity contribution >= 4 is 11.8 Å². The summed E-state index contributed by atoms with van der Waals surface area (Å²) in [5, 5.41) is 17.3. The number of carboxylic acids is 1. The molecule has 0 radical (unpaired) electrons. The molecule has 0 saturated heterocycles. The van der Waals surface area contributed by atoms with E-state index in [0.29, 0.717) is 0 Å². The largest absolute Gasteiger partial charge is 0.479 e. The molecule has 0 aromatic rings. The van der Waals surface area contributed by atoms with Gasteiger partial charge in [0.15, 0.2) is 5.78 Å². The van der Waals surface area contributed by atoms with Gasteiger partial charge in [0.1, 0.15) is 0 Å². The highest BCUT2D eigenvalue weighted by molar-refractivity contribution is 6.07. The second-order valence-electron chi connectivity index (χ2n) is 2.53. The fourth-order valence-electron chi connectivity index (χ4n) is 0.549. The molecule has 64 valence electrons. The summed E-state index contributed by atoms with van der Waals surface area (Å²) >= 11 is 0. The van der Waals surface area contributed by atoms with Gasteiger partial charge in [0.05, 0.1) is 6.04 Å². The summed E-state index contributed by atoms with van der Waals surface area (Å²) in [6.07, 6.45) is 0. The third kappa shape index (κ3) is 1.99. The first-order valence-corrected chi connectivity index (χ1v) is 3.05. The molecule has 0 spiro atoms. The average molecular weight is 161 g/mol. The van der Waals surface area contributed by atoms with Crippen molar-refractivity contribution in [2.24, 2.45) is 5.73 Å². The lowest BCUT2D eigenvalue weighted by Gasteiger charge is -2.17. The van der Waals surface area contributed by atoms with E-state index in [-0.39, 0.29) is 0 Å². The van der Waals surface area contributed by atoms with Gasteiger partial charge in [0.25, 0.3) is 0 Å². The molecule has 0 rings (SSSR count). The van der Waals surface area contributed by atoms with Gasteiger partial charge in [-0.2, -0.15) is 0 Å². The smallest absolute Gasteiger partial charge is 0.343 e. The van der Waals surface area contributed by atoms with Crippen LogP contribution in [0.3, 0.4) is 0 Å². The van der Waals surface area contributed by atoms with Gasteiger partial charge in [-0.3, -0.25) is 4.79 Å². The monoisotopic (exact) mass is 161 g/mol. The molecule has 1 unspecified atom stereocenters. The number of hydrogen-bond acceptors (Lipinski definition) is 4. The lowest BCUT2D eigenvalue weighted by Crippen LogP contribution is -2.50. The molecule has 5 nitrogen and oxygen atoms in total. The second kappa shape index (κ2) is 2.98. The van der Waals surface area contributed by atoms with Gasteiger partial charge in [0, 0.05) is 0 Å². The van der Waals surface area contributed by atoms with Crippen LogP contribution >= 0.6 is 0 Å². The molecule has 0 aromatic heterocycles. The third-order valence-corrected chi connectivity index (χ3v) is 1.31. The molecule has 11 heavy (non-hydrogen) atoms. The molecule has 5 heteroatoms. The average Bonchev–Trinajstić information content (AvgIpc) is 1.85. The van der Waals surface area contributed by atoms with Gasteiger partial charge in [-0.05, 0) is 13.8 Å². The topological polar surface area (TPSA) is 101 Å². The van der Waals surface area contributed by atoms with Gasteiger partial charge < -0.3 is 15.9 Å². The van der Waals surface area contributed by atoms with E-state index in [0.717, 1.165) is 6.92 Å². The van der Waals surface area contributed by atoms with E-state index < -0.39 is 23.4 Å². The van der Waals surface area contributed by atoms with Crippen LogP contribution in [-0.2, 0) is 9.59 Å². The van der Waals surface area contributed by atoms with Crippen molar-refractivity contribution in [3.05, 3.63) is 0 Å². The number of nitrogens with two attached hydrogens (primary N) is 1. The minimum Gasteiger partial charge on any atom is -0.479 e. The number of carbonyl (C=O) groups is 2. The number of aliphatic carboxylic acids is 1. The Balaban J connectivity index is 4.56. The zero-order valence-corrected chi connectivity index (χ0v) is 6.37. The molecule has 0 aromatic carbocycles. The first-order valence-electron chi connectivity index (χ1n) is 3.05. The Bertz CT molecular complexity index is 185. The zero-order valence-electron chi connectivity index (χ0n) is 6.37. The van der Waals surface area contributed by atoms with E-state index in [1.165, 1.54) is 6.92 Å². The van der Waals surface area contributed by atoms with E-state index in [9.17, 15) is 9.59 Å². The number of hydrogen-bond donors (Lipinski definition) is 3. The van der Waals surface area contributed by atoms with Crippen LogP contribution in [-0.4, -0.2) is 33.6 Å². The number of carbonyl (C=O) groups excluding carboxylic acids is 1. The summed E-state index contributed by atoms with van der Waals surface area (Å²) < 4.78 is 0. The van der Waals surface area contributed by atoms with Gasteiger partial charge in [-0.15, -0.1) is 0 Å². The van der Waals surface area contributed by atoms with Crippen LogP contribution in [0.15, 0.2) is 0 Å². The van der Waals surface area contributed by atoms with E-state index >= 15 is 0 Å². The predicted molar refractivity (Wildman–Crippen MR) is 36.9 cm³/mol. The fourth-order valence-corrected chi connectivity index (χ4v) is 0.549. The van der Waals surface area contributed by atoms with Crippen LogP contribution in [0.25, 0.3) is 0 Å². The number of Topliss-reactive ketones (excluding diaryl/α,β-unsaturated/α-hetero) is 1. The van der Waals surface area contributed by atoms with Gasteiger partial charge in [0.2, 0.25) is 5.60 Å². The minimum absolute atomic E-state index is 0.898. The van der Waals surface area contributed by atoms with Crippen LogP contribution < -0.4 is 5.73 Å². The molecule has 0 bridgehead atoms. The molecule has 2 atom stereocenters. The molecule has 0 saturated carbocycles. The zero-order chi connectivity index (χ0) is 9.23. The van der Waals surface area contributed by atoms with Crippen LogP contribution in [0.5, 0.6) is 0 Å². The molecule has 0 heterocycles. The molecule has 0 amide bonds. The summed E-state index contributed by atoms with van der Waals surface area (Å²) in [6.45, 7) is 2.22. The maximum atomic E-state index is 10.9. The number of carboxylic acid groups (broad SMARTS) is 1. The molecule has 0 aliphatic carbocycles. The van der Waals surface area contributed by atoms with E-state index in [4.69, 9.17) is 15.9 Å². The summed E-state index contributed by atoms with van der Waals surface area (Å²) in [4.78, 5) is 21.1. The van der Waals surface area contributed by atoms with Gasteiger partial charge in [-0.25, -0.2) is 4.79 Å². The Labute approximate surface area is 63.8 Å². The van der Waals surface area contributed by atoms with E-state index in [1.54, 1.807) is 0 Å². The van der Waals surface area contributed by atoms with E-state index in [2.05, 4.69) is 0 Å². The van der Waals surface area contributed by atoms with Gasteiger partial charge in [-0.1, -0.05) is 0 Å². The third-order valence-electron chi connectivity index (χ3n) is 1.31. The standard InChI is InChI=1S/C6H11NO4/c1-3(7)4(8)6(2,11)5(9)10/h3,11H,7H2,1-2H3,(H,9,10)/t3-,6?/m0/s1. The molecule has 0 aliphatic heterocycles. The van der Waals surface area contributed by atoms with Crippen molar-refractivity contribution < 1.29 is 19.8 Å². The van der Waals surface area contributed by atoms with Crippen molar-refractivity contribution in [2.45, 2.75) is 25.5 Å². The number of rotatable bonds is 3. The molecular weight excluding hydrogens is 150 g/mol. The SMILES string of the molecule is C[C@H](N)C(=O)C(C)(O)C(=O)O. The molecule has 4 N–H and O–H groups in total. The van der Waals surface area contributed by atoms with Crippen LogP contribution in [0, 0.1) is 0 Å². The Kier molecular flexibility index (Phi) is 2.72. The normalized spacial score (nSPS) is 18.5.